The van der Waals surface area contributed by atoms with Gasteiger partial charge < -0.3 is 5.32 Å². The topological polar surface area (TPSA) is 62.3 Å². The molecule has 0 unspecified atom stereocenters. The summed E-state index contributed by atoms with van der Waals surface area (Å²) in [6.07, 6.45) is 0.736. The smallest absolute Gasteiger partial charge is 0.328 e. The molecule has 0 spiro atoms. The monoisotopic (exact) mass is 323 g/mol. The van der Waals surface area contributed by atoms with Crippen LogP contribution in [0, 0.1) is 0 Å². The zero-order valence-electron chi connectivity index (χ0n) is 12.2. The second-order valence-corrected chi connectivity index (χ2v) is 6.42. The van der Waals surface area contributed by atoms with Crippen molar-refractivity contribution >= 4 is 39.2 Å². The van der Waals surface area contributed by atoms with Crippen LogP contribution in [-0.4, -0.2) is 23.5 Å². The highest BCUT2D eigenvalue weighted by Crippen LogP contribution is 2.25. The number of hydrogen-bond acceptors (Lipinski definition) is 4. The SMILES string of the molecule is O=C1CNC(=O)N1c1ccc(Cc2nc3ccccc3s2)cc1. The van der Waals surface area contributed by atoms with Crippen molar-refractivity contribution in [2.24, 2.45) is 0 Å². The number of thiazole rings is 1. The Morgan fingerprint density at radius 1 is 1.09 bits per heavy atom. The third-order valence-corrected chi connectivity index (χ3v) is 4.77. The number of aromatic nitrogens is 1. The summed E-state index contributed by atoms with van der Waals surface area (Å²) in [5, 5.41) is 3.57. The lowest BCUT2D eigenvalue weighted by Crippen LogP contribution is -2.30. The number of carbonyl (C=O) groups excluding carboxylic acids is 2. The molecular weight excluding hydrogens is 310 g/mol. The van der Waals surface area contributed by atoms with Gasteiger partial charge in [-0.2, -0.15) is 0 Å². The predicted octanol–water partition coefficient (Wildman–Crippen LogP) is 2.94. The van der Waals surface area contributed by atoms with Crippen molar-refractivity contribution < 1.29 is 9.59 Å². The Bertz CT molecular complexity index is 853. The van der Waals surface area contributed by atoms with Crippen LogP contribution in [0.3, 0.4) is 0 Å². The molecule has 5 nitrogen and oxygen atoms in total. The van der Waals surface area contributed by atoms with Gasteiger partial charge in [-0.15, -0.1) is 11.3 Å². The molecule has 0 aliphatic carbocycles. The van der Waals surface area contributed by atoms with E-state index in [0.717, 1.165) is 22.5 Å². The number of urea groups is 1. The zero-order valence-corrected chi connectivity index (χ0v) is 13.0. The second-order valence-electron chi connectivity index (χ2n) is 5.31. The molecule has 23 heavy (non-hydrogen) atoms. The van der Waals surface area contributed by atoms with Crippen LogP contribution >= 0.6 is 11.3 Å². The van der Waals surface area contributed by atoms with Crippen LogP contribution in [0.15, 0.2) is 48.5 Å². The summed E-state index contributed by atoms with van der Waals surface area (Å²) in [4.78, 5) is 29.1. The van der Waals surface area contributed by atoms with Crippen molar-refractivity contribution in [2.45, 2.75) is 6.42 Å². The first-order valence-corrected chi connectivity index (χ1v) is 8.06. The molecule has 114 valence electrons. The molecule has 3 aromatic rings. The van der Waals surface area contributed by atoms with Crippen LogP contribution in [0.1, 0.15) is 10.6 Å². The Labute approximate surface area is 136 Å². The highest BCUT2D eigenvalue weighted by atomic mass is 32.1. The van der Waals surface area contributed by atoms with E-state index < -0.39 is 0 Å². The van der Waals surface area contributed by atoms with Crippen molar-refractivity contribution in [1.82, 2.24) is 10.3 Å². The maximum atomic E-state index is 11.7. The van der Waals surface area contributed by atoms with E-state index in [1.807, 2.05) is 30.3 Å². The summed E-state index contributed by atoms with van der Waals surface area (Å²) in [6, 6.07) is 15.2. The normalized spacial score (nSPS) is 14.5. The fraction of sp³-hybridized carbons (Fsp3) is 0.118. The second kappa shape index (κ2) is 5.48. The molecule has 1 aliphatic rings. The molecule has 1 fully saturated rings. The van der Waals surface area contributed by atoms with Gasteiger partial charge in [0, 0.05) is 6.42 Å². The number of para-hydroxylation sites is 1. The lowest BCUT2D eigenvalue weighted by atomic mass is 10.1. The van der Waals surface area contributed by atoms with Gasteiger partial charge >= 0.3 is 6.03 Å². The predicted molar refractivity (Wildman–Crippen MR) is 89.8 cm³/mol. The van der Waals surface area contributed by atoms with Gasteiger partial charge in [0.1, 0.15) is 0 Å². The number of anilines is 1. The summed E-state index contributed by atoms with van der Waals surface area (Å²) in [5.74, 6) is -0.228. The minimum Gasteiger partial charge on any atom is -0.328 e. The Balaban J connectivity index is 1.56. The van der Waals surface area contributed by atoms with Crippen LogP contribution in [0.25, 0.3) is 10.2 Å². The summed E-state index contributed by atoms with van der Waals surface area (Å²) in [7, 11) is 0. The van der Waals surface area contributed by atoms with Crippen LogP contribution in [0.4, 0.5) is 10.5 Å². The lowest BCUT2D eigenvalue weighted by molar-refractivity contribution is -0.115. The van der Waals surface area contributed by atoms with Gasteiger partial charge in [0.2, 0.25) is 0 Å². The largest absolute Gasteiger partial charge is 0.329 e. The fourth-order valence-corrected chi connectivity index (χ4v) is 3.62. The van der Waals surface area contributed by atoms with Gasteiger partial charge in [0.25, 0.3) is 5.91 Å². The third-order valence-electron chi connectivity index (χ3n) is 3.73. The van der Waals surface area contributed by atoms with Crippen LogP contribution in [-0.2, 0) is 11.2 Å². The average Bonchev–Trinajstić information content (AvgIpc) is 3.11. The van der Waals surface area contributed by atoms with Crippen molar-refractivity contribution in [1.29, 1.82) is 0 Å². The molecule has 1 N–H and O–H groups in total. The summed E-state index contributed by atoms with van der Waals surface area (Å²) >= 11 is 1.68. The highest BCUT2D eigenvalue weighted by Gasteiger charge is 2.29. The molecule has 0 saturated carbocycles. The minimum absolute atomic E-state index is 0.0618. The molecule has 0 atom stereocenters. The quantitative estimate of drug-likeness (QED) is 0.754. The number of benzene rings is 2. The number of hydrogen-bond donors (Lipinski definition) is 1. The summed E-state index contributed by atoms with van der Waals surface area (Å²) < 4.78 is 1.18. The molecule has 2 aromatic carbocycles. The Morgan fingerprint density at radius 2 is 1.87 bits per heavy atom. The first kappa shape index (κ1) is 13.9. The number of fused-ring (bicyclic) bond motifs is 1. The zero-order chi connectivity index (χ0) is 15.8. The van der Waals surface area contributed by atoms with Gasteiger partial charge in [-0.05, 0) is 29.8 Å². The third kappa shape index (κ3) is 2.57. The van der Waals surface area contributed by atoms with E-state index in [9.17, 15) is 9.59 Å². The molecule has 1 aromatic heterocycles. The standard InChI is InChI=1S/C17H13N3O2S/c21-16-10-18-17(22)20(16)12-7-5-11(6-8-12)9-15-19-13-3-1-2-4-14(13)23-15/h1-8H,9-10H2,(H,18,22). The summed E-state index contributed by atoms with van der Waals surface area (Å²) in [5.41, 5.74) is 2.71. The fourth-order valence-electron chi connectivity index (χ4n) is 2.62. The van der Waals surface area contributed by atoms with E-state index >= 15 is 0 Å². The number of nitrogens with zero attached hydrogens (tertiary/aromatic N) is 2. The van der Waals surface area contributed by atoms with Gasteiger partial charge in [-0.3, -0.25) is 4.79 Å². The average molecular weight is 323 g/mol. The van der Waals surface area contributed by atoms with E-state index in [1.165, 1.54) is 9.60 Å². The van der Waals surface area contributed by atoms with Gasteiger partial charge in [0.15, 0.2) is 0 Å². The lowest BCUT2D eigenvalue weighted by Gasteiger charge is -2.12. The van der Waals surface area contributed by atoms with E-state index in [0.29, 0.717) is 5.69 Å². The Morgan fingerprint density at radius 3 is 2.57 bits per heavy atom. The maximum absolute atomic E-state index is 11.7. The number of carbonyl (C=O) groups is 2. The van der Waals surface area contributed by atoms with E-state index in [4.69, 9.17) is 0 Å². The van der Waals surface area contributed by atoms with E-state index in [-0.39, 0.29) is 18.5 Å². The molecule has 1 aliphatic heterocycles. The number of imide groups is 1. The number of rotatable bonds is 3. The number of amides is 3. The van der Waals surface area contributed by atoms with Gasteiger partial charge in [-0.25, -0.2) is 14.7 Å². The van der Waals surface area contributed by atoms with Crippen LogP contribution in [0.5, 0.6) is 0 Å². The van der Waals surface area contributed by atoms with Gasteiger partial charge in [-0.1, -0.05) is 24.3 Å². The van der Waals surface area contributed by atoms with Crippen molar-refractivity contribution in [3.8, 4) is 0 Å². The van der Waals surface area contributed by atoms with Crippen molar-refractivity contribution in [3.05, 3.63) is 59.1 Å². The molecule has 0 radical (unpaired) electrons. The Hall–Kier alpha value is -2.73. The van der Waals surface area contributed by atoms with E-state index in [2.05, 4.69) is 16.4 Å². The molecule has 0 bridgehead atoms. The molecule has 6 heteroatoms. The summed E-state index contributed by atoms with van der Waals surface area (Å²) in [6.45, 7) is 0.0618. The Kier molecular flexibility index (Phi) is 3.31. The number of nitrogens with one attached hydrogen (secondary N) is 1. The van der Waals surface area contributed by atoms with Crippen LogP contribution < -0.4 is 10.2 Å². The van der Waals surface area contributed by atoms with Crippen molar-refractivity contribution in [3.63, 3.8) is 0 Å². The van der Waals surface area contributed by atoms with Crippen LogP contribution in [0.2, 0.25) is 0 Å². The molecule has 2 heterocycles. The van der Waals surface area contributed by atoms with Crippen molar-refractivity contribution in [2.75, 3.05) is 11.4 Å². The molecular formula is C17H13N3O2S. The highest BCUT2D eigenvalue weighted by molar-refractivity contribution is 7.18. The first-order chi connectivity index (χ1) is 11.2. The van der Waals surface area contributed by atoms with E-state index in [1.54, 1.807) is 23.5 Å². The minimum atomic E-state index is -0.367. The molecule has 1 saturated heterocycles. The maximum Gasteiger partial charge on any atom is 0.329 e. The molecule has 4 rings (SSSR count). The van der Waals surface area contributed by atoms with Gasteiger partial charge in [0.05, 0.1) is 27.5 Å². The first-order valence-electron chi connectivity index (χ1n) is 7.25. The molecule has 3 amide bonds.